The third-order valence-corrected chi connectivity index (χ3v) is 6.40. The van der Waals surface area contributed by atoms with Gasteiger partial charge in [-0.25, -0.2) is 4.98 Å². The summed E-state index contributed by atoms with van der Waals surface area (Å²) < 4.78 is 32.6. The van der Waals surface area contributed by atoms with Crippen LogP contribution in [0.5, 0.6) is 5.75 Å². The van der Waals surface area contributed by atoms with Crippen LogP contribution in [0.15, 0.2) is 84.4 Å². The molecule has 0 radical (unpaired) electrons. The Balaban J connectivity index is 1.67. The lowest BCUT2D eigenvalue weighted by molar-refractivity contribution is 0.302. The Bertz CT molecular complexity index is 1480. The van der Waals surface area contributed by atoms with Crippen LogP contribution in [0.1, 0.15) is 46.6 Å². The number of pyridine rings is 1. The molecule has 6 nitrogen and oxygen atoms in total. The van der Waals surface area contributed by atoms with Crippen LogP contribution in [0.25, 0.3) is 23.0 Å². The van der Waals surface area contributed by atoms with Gasteiger partial charge < -0.3 is 9.50 Å². The summed E-state index contributed by atoms with van der Waals surface area (Å²) in [7, 11) is -3.94. The summed E-state index contributed by atoms with van der Waals surface area (Å²) in [5.41, 5.74) is 2.98. The van der Waals surface area contributed by atoms with Crippen molar-refractivity contribution in [1.82, 2.24) is 9.38 Å². The van der Waals surface area contributed by atoms with Crippen LogP contribution in [0, 0.1) is 5.41 Å². The van der Waals surface area contributed by atoms with Crippen molar-refractivity contribution in [3.8, 4) is 17.0 Å². The van der Waals surface area contributed by atoms with Crippen LogP contribution in [-0.2, 0) is 10.1 Å². The lowest BCUT2D eigenvalue weighted by Crippen LogP contribution is -2.36. The zero-order valence-electron chi connectivity index (χ0n) is 21.4. The molecule has 0 amide bonds. The maximum absolute atomic E-state index is 12.6. The highest BCUT2D eigenvalue weighted by atomic mass is 32.2. The van der Waals surface area contributed by atoms with Gasteiger partial charge in [0.1, 0.15) is 22.9 Å². The Hall–Kier alpha value is -3.58. The highest BCUT2D eigenvalue weighted by molar-refractivity contribution is 7.90. The number of hydrogen-bond donors (Lipinski definition) is 1. The molecule has 4 rings (SSSR count). The summed E-state index contributed by atoms with van der Waals surface area (Å²) in [6.07, 6.45) is 4.43. The second-order valence-electron chi connectivity index (χ2n) is 10.8. The second-order valence-corrected chi connectivity index (χ2v) is 12.2. The number of nitrogens with zero attached hydrogens (tertiary/aromatic N) is 2. The van der Waals surface area contributed by atoms with Gasteiger partial charge in [0.2, 0.25) is 0 Å². The molecule has 1 N–H and O–H groups in total. The number of rotatable bonds is 8. The number of aromatic nitrogens is 2. The van der Waals surface area contributed by atoms with E-state index in [2.05, 4.69) is 39.9 Å². The highest BCUT2D eigenvalue weighted by Crippen LogP contribution is 2.35. The third-order valence-electron chi connectivity index (χ3n) is 5.51. The van der Waals surface area contributed by atoms with Crippen molar-refractivity contribution in [3.63, 3.8) is 0 Å². The van der Waals surface area contributed by atoms with Crippen LogP contribution in [0.2, 0.25) is 0 Å². The molecule has 7 heteroatoms. The molecule has 0 aliphatic heterocycles. The van der Waals surface area contributed by atoms with Crippen molar-refractivity contribution < 1.29 is 12.6 Å². The predicted molar refractivity (Wildman–Crippen MR) is 147 cm³/mol. The first-order valence-electron chi connectivity index (χ1n) is 11.9. The summed E-state index contributed by atoms with van der Waals surface area (Å²) in [5, 5.41) is 4.77. The topological polar surface area (TPSA) is 72.7 Å². The summed E-state index contributed by atoms with van der Waals surface area (Å²) in [5.74, 6) is 1.08. The average Bonchev–Trinajstić information content (AvgIpc) is 3.14. The molecule has 36 heavy (non-hydrogen) atoms. The molecule has 0 unspecified atom stereocenters. The van der Waals surface area contributed by atoms with E-state index in [1.165, 1.54) is 6.08 Å². The summed E-state index contributed by atoms with van der Waals surface area (Å²) >= 11 is 0. The minimum atomic E-state index is -3.94. The van der Waals surface area contributed by atoms with E-state index in [4.69, 9.17) is 9.17 Å². The van der Waals surface area contributed by atoms with E-state index in [1.807, 2.05) is 65.2 Å². The van der Waals surface area contributed by atoms with Crippen molar-refractivity contribution >= 4 is 27.7 Å². The molecule has 2 aromatic carbocycles. The minimum absolute atomic E-state index is 0.131. The molecule has 2 heterocycles. The van der Waals surface area contributed by atoms with Gasteiger partial charge in [0, 0.05) is 17.3 Å². The van der Waals surface area contributed by atoms with E-state index in [0.29, 0.717) is 0 Å². The highest BCUT2D eigenvalue weighted by Gasteiger charge is 2.28. The zero-order chi connectivity index (χ0) is 26.0. The number of nitrogens with one attached hydrogen (secondary N) is 1. The van der Waals surface area contributed by atoms with E-state index in [0.717, 1.165) is 40.1 Å². The molecule has 0 aliphatic rings. The van der Waals surface area contributed by atoms with Gasteiger partial charge in [0.05, 0.1) is 5.41 Å². The smallest absolute Gasteiger partial charge is 0.332 e. The number of benzene rings is 2. The molecular formula is C29H33N3O3S. The molecule has 0 saturated heterocycles. The van der Waals surface area contributed by atoms with Gasteiger partial charge in [0.15, 0.2) is 0 Å². The Kier molecular flexibility index (Phi) is 6.96. The number of imidazole rings is 1. The first kappa shape index (κ1) is 25.5. The van der Waals surface area contributed by atoms with Crippen LogP contribution in [-0.4, -0.2) is 23.3 Å². The predicted octanol–water partition coefficient (Wildman–Crippen LogP) is 7.01. The molecule has 0 saturated carbocycles. The normalized spacial score (nSPS) is 12.8. The van der Waals surface area contributed by atoms with Crippen molar-refractivity contribution in [2.75, 3.05) is 5.32 Å². The van der Waals surface area contributed by atoms with Crippen molar-refractivity contribution in [2.45, 2.75) is 46.6 Å². The van der Waals surface area contributed by atoms with Crippen molar-refractivity contribution in [3.05, 3.63) is 90.0 Å². The molecule has 4 aromatic rings. The Morgan fingerprint density at radius 3 is 2.39 bits per heavy atom. The molecule has 2 aromatic heterocycles. The van der Waals surface area contributed by atoms with Crippen molar-refractivity contribution in [1.29, 1.82) is 0 Å². The van der Waals surface area contributed by atoms with Gasteiger partial charge in [-0.15, -0.1) is 0 Å². The molecule has 0 atom stereocenters. The molecule has 0 bridgehead atoms. The van der Waals surface area contributed by atoms with Gasteiger partial charge in [-0.1, -0.05) is 69.3 Å². The maximum atomic E-state index is 12.6. The van der Waals surface area contributed by atoms with E-state index < -0.39 is 10.1 Å². The fraction of sp³-hybridized carbons (Fsp3) is 0.276. The summed E-state index contributed by atoms with van der Waals surface area (Å²) in [6.45, 7) is 11.0. The van der Waals surface area contributed by atoms with Crippen LogP contribution < -0.4 is 9.50 Å². The number of anilines is 1. The standard InChI is InChI=1S/C29H33N3O3S/c1-28(2,3)21-29(4,5)31-27-26(30-25-16-9-10-18-32(25)27)23-14-11-15-24(20-23)35-36(33,34)19-17-22-12-7-6-8-13-22/h6-20,31H,21H2,1-5H3. The van der Waals surface area contributed by atoms with Gasteiger partial charge in [-0.3, -0.25) is 4.40 Å². The fourth-order valence-electron chi connectivity index (χ4n) is 4.59. The van der Waals surface area contributed by atoms with Crippen LogP contribution in [0.4, 0.5) is 5.82 Å². The first-order valence-corrected chi connectivity index (χ1v) is 13.4. The van der Waals surface area contributed by atoms with Crippen LogP contribution in [0.3, 0.4) is 0 Å². The SMILES string of the molecule is CC(C)(C)CC(C)(C)Nc1c(-c2cccc(OS(=O)(=O)C=Cc3ccccc3)c2)nc2ccccn12. The van der Waals surface area contributed by atoms with Crippen molar-refractivity contribution in [2.24, 2.45) is 5.41 Å². The monoisotopic (exact) mass is 503 g/mol. The number of hydrogen-bond acceptors (Lipinski definition) is 5. The molecular weight excluding hydrogens is 470 g/mol. The summed E-state index contributed by atoms with van der Waals surface area (Å²) in [4.78, 5) is 4.86. The fourth-order valence-corrected chi connectivity index (χ4v) is 5.34. The molecule has 0 spiro atoms. The molecule has 0 aliphatic carbocycles. The lowest BCUT2D eigenvalue weighted by atomic mass is 9.82. The van der Waals surface area contributed by atoms with E-state index >= 15 is 0 Å². The molecule has 188 valence electrons. The van der Waals surface area contributed by atoms with E-state index in [-0.39, 0.29) is 16.7 Å². The number of fused-ring (bicyclic) bond motifs is 1. The van der Waals surface area contributed by atoms with Gasteiger partial charge in [-0.2, -0.15) is 8.42 Å². The zero-order valence-corrected chi connectivity index (χ0v) is 22.2. The van der Waals surface area contributed by atoms with Gasteiger partial charge in [0.25, 0.3) is 0 Å². The first-order chi connectivity index (χ1) is 16.9. The van der Waals surface area contributed by atoms with Crippen LogP contribution >= 0.6 is 0 Å². The van der Waals surface area contributed by atoms with Gasteiger partial charge >= 0.3 is 10.1 Å². The molecule has 0 fully saturated rings. The quantitative estimate of drug-likeness (QED) is 0.262. The average molecular weight is 504 g/mol. The van der Waals surface area contributed by atoms with E-state index in [1.54, 1.807) is 18.2 Å². The Morgan fingerprint density at radius 2 is 1.67 bits per heavy atom. The second kappa shape index (κ2) is 9.82. The van der Waals surface area contributed by atoms with E-state index in [9.17, 15) is 8.42 Å². The third kappa shape index (κ3) is 6.55. The Labute approximate surface area is 213 Å². The largest absolute Gasteiger partial charge is 0.379 e. The maximum Gasteiger partial charge on any atom is 0.332 e. The van der Waals surface area contributed by atoms with Gasteiger partial charge in [-0.05, 0) is 61.6 Å². The lowest BCUT2D eigenvalue weighted by Gasteiger charge is -2.34. The Morgan fingerprint density at radius 1 is 0.944 bits per heavy atom. The minimum Gasteiger partial charge on any atom is -0.379 e. The summed E-state index contributed by atoms with van der Waals surface area (Å²) in [6, 6.07) is 22.1.